The first-order valence-electron chi connectivity index (χ1n) is 11.2. The van der Waals surface area contributed by atoms with Gasteiger partial charge in [-0.15, -0.1) is 0 Å². The highest BCUT2D eigenvalue weighted by Gasteiger charge is 2.53. The number of rotatable bonds is 6. The van der Waals surface area contributed by atoms with Gasteiger partial charge in [0, 0.05) is 25.5 Å². The van der Waals surface area contributed by atoms with Crippen LogP contribution in [0.4, 0.5) is 5.69 Å². The number of halogens is 2. The Morgan fingerprint density at radius 1 is 1.30 bits per heavy atom. The van der Waals surface area contributed by atoms with Crippen LogP contribution in [0.3, 0.4) is 0 Å². The molecule has 1 saturated heterocycles. The second-order valence-electron chi connectivity index (χ2n) is 9.49. The molecule has 1 saturated carbocycles. The highest BCUT2D eigenvalue weighted by atomic mass is 79.9. The lowest BCUT2D eigenvalue weighted by molar-refractivity contribution is -0.124. The number of carbonyl (C=O) groups is 2. The van der Waals surface area contributed by atoms with Crippen LogP contribution in [0.5, 0.6) is 0 Å². The van der Waals surface area contributed by atoms with Crippen molar-refractivity contribution >= 4 is 62.4 Å². The zero-order valence-electron chi connectivity index (χ0n) is 19.5. The SMILES string of the molecule is CN(C)C(=O)c1c(N2C(=O)C(C)(C)N(C3CCC(CCCBr)CC3)C2=S)ccc(C#N)c1Cl. The number of nitrogens with zero attached hydrogens (tertiary/aromatic N) is 4. The van der Waals surface area contributed by atoms with Crippen molar-refractivity contribution in [2.45, 2.75) is 64.0 Å². The average molecular weight is 554 g/mol. The van der Waals surface area contributed by atoms with Gasteiger partial charge in [0.15, 0.2) is 5.11 Å². The van der Waals surface area contributed by atoms with Crippen molar-refractivity contribution in [2.24, 2.45) is 5.92 Å². The number of hydrogen-bond acceptors (Lipinski definition) is 4. The van der Waals surface area contributed by atoms with E-state index in [1.54, 1.807) is 20.2 Å². The normalized spacial score (nSPS) is 22.5. The predicted molar refractivity (Wildman–Crippen MR) is 139 cm³/mol. The van der Waals surface area contributed by atoms with Gasteiger partial charge >= 0.3 is 0 Å². The molecular weight excluding hydrogens is 524 g/mol. The molecule has 2 amide bonds. The Morgan fingerprint density at radius 2 is 1.94 bits per heavy atom. The molecule has 1 aromatic rings. The summed E-state index contributed by atoms with van der Waals surface area (Å²) in [6.07, 6.45) is 6.60. The van der Waals surface area contributed by atoms with Crippen molar-refractivity contribution in [3.63, 3.8) is 0 Å². The van der Waals surface area contributed by atoms with Crippen LogP contribution >= 0.6 is 39.7 Å². The maximum Gasteiger partial charge on any atom is 0.258 e. The summed E-state index contributed by atoms with van der Waals surface area (Å²) < 4.78 is 0. The summed E-state index contributed by atoms with van der Waals surface area (Å²) in [5.74, 6) is 0.139. The van der Waals surface area contributed by atoms with Gasteiger partial charge in [0.25, 0.3) is 11.8 Å². The number of nitriles is 1. The number of thiocarbonyl (C=S) groups is 1. The number of amides is 2. The molecule has 0 bridgehead atoms. The summed E-state index contributed by atoms with van der Waals surface area (Å²) in [7, 11) is 3.21. The van der Waals surface area contributed by atoms with Crippen molar-refractivity contribution in [1.29, 1.82) is 5.26 Å². The van der Waals surface area contributed by atoms with Gasteiger partial charge in [-0.25, -0.2) is 0 Å². The highest BCUT2D eigenvalue weighted by Crippen LogP contribution is 2.42. The van der Waals surface area contributed by atoms with E-state index < -0.39 is 5.54 Å². The zero-order valence-corrected chi connectivity index (χ0v) is 22.7. The summed E-state index contributed by atoms with van der Waals surface area (Å²) in [6.45, 7) is 3.77. The lowest BCUT2D eigenvalue weighted by Gasteiger charge is -2.41. The topological polar surface area (TPSA) is 67.7 Å². The van der Waals surface area contributed by atoms with E-state index in [0.717, 1.165) is 31.0 Å². The third kappa shape index (κ3) is 4.78. The van der Waals surface area contributed by atoms with Crippen LogP contribution in [-0.4, -0.2) is 57.7 Å². The second kappa shape index (κ2) is 10.3. The van der Waals surface area contributed by atoms with E-state index in [4.69, 9.17) is 23.8 Å². The van der Waals surface area contributed by atoms with Crippen molar-refractivity contribution in [3.05, 3.63) is 28.3 Å². The van der Waals surface area contributed by atoms with Gasteiger partial charge in [-0.3, -0.25) is 14.5 Å². The van der Waals surface area contributed by atoms with Crippen LogP contribution in [0.2, 0.25) is 5.02 Å². The molecule has 178 valence electrons. The summed E-state index contributed by atoms with van der Waals surface area (Å²) in [5.41, 5.74) is -0.216. The number of hydrogen-bond donors (Lipinski definition) is 0. The lowest BCUT2D eigenvalue weighted by atomic mass is 9.82. The van der Waals surface area contributed by atoms with Crippen LogP contribution < -0.4 is 4.90 Å². The summed E-state index contributed by atoms with van der Waals surface area (Å²) >= 11 is 15.8. The molecule has 33 heavy (non-hydrogen) atoms. The van der Waals surface area contributed by atoms with Gasteiger partial charge in [0.05, 0.1) is 21.8 Å². The Hall–Kier alpha value is -1.69. The molecule has 9 heteroatoms. The molecule has 3 rings (SSSR count). The van der Waals surface area contributed by atoms with Crippen molar-refractivity contribution < 1.29 is 9.59 Å². The molecule has 1 aliphatic heterocycles. The lowest BCUT2D eigenvalue weighted by Crippen LogP contribution is -2.51. The largest absolute Gasteiger partial charge is 0.345 e. The van der Waals surface area contributed by atoms with Crippen LogP contribution in [0, 0.1) is 17.2 Å². The van der Waals surface area contributed by atoms with Gasteiger partial charge in [0.2, 0.25) is 0 Å². The van der Waals surface area contributed by atoms with E-state index in [1.165, 1.54) is 28.7 Å². The van der Waals surface area contributed by atoms with E-state index in [2.05, 4.69) is 20.8 Å². The molecule has 0 spiro atoms. The Kier molecular flexibility index (Phi) is 8.08. The molecule has 2 aliphatic rings. The minimum absolute atomic E-state index is 0.0351. The third-order valence-electron chi connectivity index (χ3n) is 6.75. The molecule has 0 N–H and O–H groups in total. The van der Waals surface area contributed by atoms with Crippen molar-refractivity contribution in [3.8, 4) is 6.07 Å². The maximum atomic E-state index is 13.7. The van der Waals surface area contributed by atoms with E-state index in [9.17, 15) is 14.9 Å². The molecule has 6 nitrogen and oxygen atoms in total. The molecule has 1 heterocycles. The maximum absolute atomic E-state index is 13.7. The van der Waals surface area contributed by atoms with Gasteiger partial charge in [-0.1, -0.05) is 27.5 Å². The Balaban J connectivity index is 1.98. The van der Waals surface area contributed by atoms with Crippen molar-refractivity contribution in [1.82, 2.24) is 9.80 Å². The molecule has 0 aromatic heterocycles. The molecule has 0 atom stereocenters. The first kappa shape index (κ1) is 25.9. The molecule has 1 aromatic carbocycles. The Labute approximate surface area is 215 Å². The third-order valence-corrected chi connectivity index (χ3v) is 8.09. The molecule has 0 unspecified atom stereocenters. The van der Waals surface area contributed by atoms with Crippen LogP contribution in [-0.2, 0) is 4.79 Å². The Morgan fingerprint density at radius 3 is 2.48 bits per heavy atom. The van der Waals surface area contributed by atoms with E-state index in [0.29, 0.717) is 16.7 Å². The smallest absolute Gasteiger partial charge is 0.258 e. The van der Waals surface area contributed by atoms with Gasteiger partial charge < -0.3 is 9.80 Å². The molecular formula is C24H30BrClN4O2S. The van der Waals surface area contributed by atoms with Gasteiger partial charge in [-0.05, 0) is 82.6 Å². The fourth-order valence-corrected chi connectivity index (χ4v) is 6.12. The molecule has 1 aliphatic carbocycles. The van der Waals surface area contributed by atoms with Crippen LogP contribution in [0.1, 0.15) is 68.3 Å². The number of alkyl halides is 1. The number of carbonyl (C=O) groups excluding carboxylic acids is 2. The van der Waals surface area contributed by atoms with E-state index in [-0.39, 0.29) is 34.0 Å². The fourth-order valence-electron chi connectivity index (χ4n) is 4.96. The first-order valence-corrected chi connectivity index (χ1v) is 13.1. The number of anilines is 1. The first-order chi connectivity index (χ1) is 15.6. The van der Waals surface area contributed by atoms with Gasteiger partial charge in [0.1, 0.15) is 11.6 Å². The quantitative estimate of drug-likeness (QED) is 0.350. The summed E-state index contributed by atoms with van der Waals surface area (Å²) in [4.78, 5) is 31.6. The minimum atomic E-state index is -0.844. The fraction of sp³-hybridized carbons (Fsp3) is 0.583. The predicted octanol–water partition coefficient (Wildman–Crippen LogP) is 5.36. The monoisotopic (exact) mass is 552 g/mol. The highest BCUT2D eigenvalue weighted by molar-refractivity contribution is 9.09. The zero-order chi connectivity index (χ0) is 24.5. The summed E-state index contributed by atoms with van der Waals surface area (Å²) in [6, 6.07) is 5.31. The summed E-state index contributed by atoms with van der Waals surface area (Å²) in [5, 5.41) is 10.9. The Bertz CT molecular complexity index is 999. The van der Waals surface area contributed by atoms with Crippen LogP contribution in [0.25, 0.3) is 0 Å². The van der Waals surface area contributed by atoms with Crippen molar-refractivity contribution in [2.75, 3.05) is 24.3 Å². The van der Waals surface area contributed by atoms with Gasteiger partial charge in [-0.2, -0.15) is 5.26 Å². The molecule has 2 fully saturated rings. The second-order valence-corrected chi connectivity index (χ2v) is 11.0. The molecule has 0 radical (unpaired) electrons. The minimum Gasteiger partial charge on any atom is -0.345 e. The van der Waals surface area contributed by atoms with Crippen LogP contribution in [0.15, 0.2) is 12.1 Å². The number of benzene rings is 1. The van der Waals surface area contributed by atoms with E-state index >= 15 is 0 Å². The standard InChI is InChI=1S/C24H30BrClN4O2S/c1-24(2)22(32)29(18-12-9-16(14-27)20(26)19(18)21(31)28(3)4)23(33)30(24)17-10-7-15(8-11-17)6-5-13-25/h9,12,15,17H,5-8,10-11,13H2,1-4H3. The average Bonchev–Trinajstić information content (AvgIpc) is 2.95. The van der Waals surface area contributed by atoms with E-state index in [1.807, 2.05) is 19.9 Å².